The minimum absolute atomic E-state index is 0.576. The van der Waals surface area contributed by atoms with Gasteiger partial charge in [-0.3, -0.25) is 0 Å². The van der Waals surface area contributed by atoms with E-state index in [1.54, 1.807) is 7.11 Å². The van der Waals surface area contributed by atoms with Crippen LogP contribution in [0, 0.1) is 11.8 Å². The van der Waals surface area contributed by atoms with E-state index < -0.39 is 0 Å². The van der Waals surface area contributed by atoms with Gasteiger partial charge < -0.3 is 19.5 Å². The van der Waals surface area contributed by atoms with Gasteiger partial charge in [-0.05, 0) is 31.5 Å². The topological polar surface area (TPSA) is 39.7 Å². The number of benzene rings is 1. The summed E-state index contributed by atoms with van der Waals surface area (Å²) in [5, 5.41) is 3.31. The second-order valence-electron chi connectivity index (χ2n) is 4.41. The van der Waals surface area contributed by atoms with Gasteiger partial charge in [0.05, 0.1) is 19.8 Å². The fraction of sp³-hybridized carbons (Fsp3) is 0.529. The number of nitrogens with one attached hydrogen (secondary N) is 1. The molecular formula is C17H25NO3. The molecular weight excluding hydrogens is 266 g/mol. The molecule has 1 aromatic rings. The lowest BCUT2D eigenvalue weighted by Crippen LogP contribution is -2.18. The second kappa shape index (κ2) is 11.0. The van der Waals surface area contributed by atoms with Gasteiger partial charge >= 0.3 is 0 Å². The van der Waals surface area contributed by atoms with Crippen LogP contribution in [0.15, 0.2) is 18.2 Å². The Hall–Kier alpha value is -1.70. The predicted octanol–water partition coefficient (Wildman–Crippen LogP) is 2.61. The Morgan fingerprint density at radius 2 is 2.00 bits per heavy atom. The van der Waals surface area contributed by atoms with Crippen LogP contribution in [0.2, 0.25) is 0 Å². The largest absolute Gasteiger partial charge is 0.490 e. The van der Waals surface area contributed by atoms with Gasteiger partial charge in [0.1, 0.15) is 0 Å². The van der Waals surface area contributed by atoms with Crippen molar-refractivity contribution in [1.82, 2.24) is 5.32 Å². The van der Waals surface area contributed by atoms with Crippen LogP contribution in [0.1, 0.15) is 25.8 Å². The van der Waals surface area contributed by atoms with Crippen LogP contribution in [-0.2, 0) is 11.3 Å². The molecule has 0 unspecified atom stereocenters. The summed E-state index contributed by atoms with van der Waals surface area (Å²) in [6.07, 6.45) is 0.725. The summed E-state index contributed by atoms with van der Waals surface area (Å²) in [4.78, 5) is 0. The lowest BCUT2D eigenvalue weighted by atomic mass is 10.2. The third-order valence-electron chi connectivity index (χ3n) is 2.78. The molecule has 0 aromatic heterocycles. The van der Waals surface area contributed by atoms with Gasteiger partial charge in [-0.25, -0.2) is 0 Å². The van der Waals surface area contributed by atoms with Crippen molar-refractivity contribution < 1.29 is 14.2 Å². The maximum absolute atomic E-state index is 5.72. The quantitative estimate of drug-likeness (QED) is 0.531. The van der Waals surface area contributed by atoms with Gasteiger partial charge in [-0.15, -0.1) is 11.8 Å². The van der Waals surface area contributed by atoms with E-state index in [0.717, 1.165) is 36.6 Å². The van der Waals surface area contributed by atoms with Crippen LogP contribution >= 0.6 is 0 Å². The van der Waals surface area contributed by atoms with Crippen molar-refractivity contribution in [3.05, 3.63) is 23.8 Å². The van der Waals surface area contributed by atoms with Crippen LogP contribution in [0.4, 0.5) is 0 Å². The molecule has 21 heavy (non-hydrogen) atoms. The first-order valence-electron chi connectivity index (χ1n) is 7.29. The molecule has 116 valence electrons. The number of hydrogen-bond acceptors (Lipinski definition) is 4. The van der Waals surface area contributed by atoms with Crippen molar-refractivity contribution >= 4 is 0 Å². The lowest BCUT2D eigenvalue weighted by molar-refractivity contribution is 0.199. The molecule has 0 saturated heterocycles. The van der Waals surface area contributed by atoms with Crippen LogP contribution in [0.3, 0.4) is 0 Å². The summed E-state index contributed by atoms with van der Waals surface area (Å²) in [5.74, 6) is 7.40. The molecule has 0 aliphatic rings. The van der Waals surface area contributed by atoms with Crippen LogP contribution in [0.5, 0.6) is 11.5 Å². The van der Waals surface area contributed by atoms with Crippen molar-refractivity contribution in [2.45, 2.75) is 26.8 Å². The monoisotopic (exact) mass is 291 g/mol. The molecule has 0 aliphatic carbocycles. The Morgan fingerprint density at radius 1 is 1.14 bits per heavy atom. The van der Waals surface area contributed by atoms with Gasteiger partial charge in [-0.2, -0.15) is 0 Å². The lowest BCUT2D eigenvalue weighted by Gasteiger charge is -2.13. The molecule has 0 radical (unpaired) electrons. The minimum Gasteiger partial charge on any atom is -0.490 e. The fourth-order valence-electron chi connectivity index (χ4n) is 1.79. The fourth-order valence-corrected chi connectivity index (χ4v) is 1.79. The first-order chi connectivity index (χ1) is 10.3. The highest BCUT2D eigenvalue weighted by molar-refractivity contribution is 5.43. The van der Waals surface area contributed by atoms with E-state index in [1.807, 2.05) is 32.0 Å². The zero-order valence-electron chi connectivity index (χ0n) is 13.2. The maximum Gasteiger partial charge on any atom is 0.161 e. The Balaban J connectivity index is 2.59. The number of methoxy groups -OCH3 is 1. The molecule has 4 nitrogen and oxygen atoms in total. The highest BCUT2D eigenvalue weighted by Gasteiger charge is 2.06. The predicted molar refractivity (Wildman–Crippen MR) is 84.8 cm³/mol. The summed E-state index contributed by atoms with van der Waals surface area (Å²) >= 11 is 0. The van der Waals surface area contributed by atoms with Crippen molar-refractivity contribution in [2.75, 3.05) is 33.5 Å². The summed E-state index contributed by atoms with van der Waals surface area (Å²) in [5.41, 5.74) is 1.16. The molecule has 0 amide bonds. The van der Waals surface area contributed by atoms with Gasteiger partial charge in [0.2, 0.25) is 0 Å². The summed E-state index contributed by atoms with van der Waals surface area (Å²) in [6.45, 7) is 7.31. The molecule has 4 heteroatoms. The van der Waals surface area contributed by atoms with Gasteiger partial charge in [0, 0.05) is 26.6 Å². The van der Waals surface area contributed by atoms with E-state index in [-0.39, 0.29) is 0 Å². The number of rotatable bonds is 10. The SMILES string of the molecule is CC#CCCOc1ccc(CNCCOC)cc1OCC. The van der Waals surface area contributed by atoms with Crippen LogP contribution < -0.4 is 14.8 Å². The minimum atomic E-state index is 0.576. The molecule has 0 heterocycles. The van der Waals surface area contributed by atoms with Gasteiger partial charge in [0.25, 0.3) is 0 Å². The van der Waals surface area contributed by atoms with E-state index >= 15 is 0 Å². The smallest absolute Gasteiger partial charge is 0.161 e. The van der Waals surface area contributed by atoms with E-state index in [1.165, 1.54) is 0 Å². The highest BCUT2D eigenvalue weighted by atomic mass is 16.5. The zero-order valence-corrected chi connectivity index (χ0v) is 13.2. The molecule has 1 aromatic carbocycles. The second-order valence-corrected chi connectivity index (χ2v) is 4.41. The maximum atomic E-state index is 5.72. The van der Waals surface area contributed by atoms with Crippen LogP contribution in [0.25, 0.3) is 0 Å². The zero-order chi connectivity index (χ0) is 15.3. The molecule has 0 fully saturated rings. The van der Waals surface area contributed by atoms with E-state index in [0.29, 0.717) is 19.8 Å². The average molecular weight is 291 g/mol. The molecule has 0 bridgehead atoms. The van der Waals surface area contributed by atoms with Crippen molar-refractivity contribution in [1.29, 1.82) is 0 Å². The third kappa shape index (κ3) is 7.03. The summed E-state index contributed by atoms with van der Waals surface area (Å²) in [7, 11) is 1.70. The van der Waals surface area contributed by atoms with Crippen LogP contribution in [-0.4, -0.2) is 33.5 Å². The normalized spacial score (nSPS) is 9.86. The highest BCUT2D eigenvalue weighted by Crippen LogP contribution is 2.28. The molecule has 0 spiro atoms. The molecule has 0 atom stereocenters. The van der Waals surface area contributed by atoms with E-state index in [9.17, 15) is 0 Å². The van der Waals surface area contributed by atoms with Gasteiger partial charge in [0.15, 0.2) is 11.5 Å². The van der Waals surface area contributed by atoms with E-state index in [4.69, 9.17) is 14.2 Å². The Labute approximate surface area is 127 Å². The molecule has 0 saturated carbocycles. The molecule has 0 aliphatic heterocycles. The summed E-state index contributed by atoms with van der Waals surface area (Å²) in [6, 6.07) is 6.02. The van der Waals surface area contributed by atoms with E-state index in [2.05, 4.69) is 17.2 Å². The Kier molecular flexibility index (Phi) is 9.10. The average Bonchev–Trinajstić information content (AvgIpc) is 2.50. The van der Waals surface area contributed by atoms with Crippen molar-refractivity contribution in [3.63, 3.8) is 0 Å². The third-order valence-corrected chi connectivity index (χ3v) is 2.78. The Morgan fingerprint density at radius 3 is 2.71 bits per heavy atom. The summed E-state index contributed by atoms with van der Waals surface area (Å²) < 4.78 is 16.4. The van der Waals surface area contributed by atoms with Crippen molar-refractivity contribution in [2.24, 2.45) is 0 Å². The number of hydrogen-bond donors (Lipinski definition) is 1. The Bertz CT molecular complexity index is 463. The molecule has 1 N–H and O–H groups in total. The van der Waals surface area contributed by atoms with Crippen molar-refractivity contribution in [3.8, 4) is 23.3 Å². The molecule has 1 rings (SSSR count). The number of ether oxygens (including phenoxy) is 3. The first kappa shape index (κ1) is 17.4. The standard InChI is InChI=1S/C17H25NO3/c1-4-6-7-11-21-16-9-8-15(13-17(16)20-5-2)14-18-10-12-19-3/h8-9,13,18H,5,7,10-12,14H2,1-3H3. The van der Waals surface area contributed by atoms with Gasteiger partial charge in [-0.1, -0.05) is 6.07 Å². The first-order valence-corrected chi connectivity index (χ1v) is 7.29.